The maximum absolute atomic E-state index is 11.8. The van der Waals surface area contributed by atoms with E-state index < -0.39 is 28.6 Å². The van der Waals surface area contributed by atoms with Crippen LogP contribution in [0.3, 0.4) is 0 Å². The van der Waals surface area contributed by atoms with Crippen LogP contribution in [0.15, 0.2) is 54.6 Å². The van der Waals surface area contributed by atoms with Gasteiger partial charge in [-0.3, -0.25) is 14.9 Å². The van der Waals surface area contributed by atoms with Gasteiger partial charge in [-0.2, -0.15) is 0 Å². The molecule has 136 valence electrons. The van der Waals surface area contributed by atoms with Gasteiger partial charge in [-0.25, -0.2) is 10.1 Å². The van der Waals surface area contributed by atoms with Gasteiger partial charge in [0.05, 0.1) is 10.5 Å². The summed E-state index contributed by atoms with van der Waals surface area (Å²) in [6.07, 6.45) is -0.217. The molecule has 2 aromatic carbocycles. The Bertz CT molecular complexity index is 792. The molecule has 0 aliphatic rings. The lowest BCUT2D eigenvalue weighted by molar-refractivity contribution is -0.572. The molecule has 9 nitrogen and oxygen atoms in total. The largest absolute Gasteiger partial charge is 0.508 e. The van der Waals surface area contributed by atoms with Crippen LogP contribution in [0.2, 0.25) is 0 Å². The maximum atomic E-state index is 11.8. The van der Waals surface area contributed by atoms with Gasteiger partial charge < -0.3 is 15.3 Å². The summed E-state index contributed by atoms with van der Waals surface area (Å²) in [6, 6.07) is 10.9. The SMILES string of the molecule is O=C(O)C(Cc1ccc(O)cc1)NC(C(=O)O)(c1ccccc1)[N+](=O)[O-]. The Hall–Kier alpha value is -3.46. The summed E-state index contributed by atoms with van der Waals surface area (Å²) < 4.78 is 0. The van der Waals surface area contributed by atoms with Crippen LogP contribution in [-0.2, 0) is 21.7 Å². The molecule has 0 aromatic heterocycles. The van der Waals surface area contributed by atoms with Gasteiger partial charge in [0.1, 0.15) is 11.8 Å². The fourth-order valence-corrected chi connectivity index (χ4v) is 2.50. The third-order valence-corrected chi connectivity index (χ3v) is 3.83. The average molecular weight is 360 g/mol. The molecule has 9 heteroatoms. The Morgan fingerprint density at radius 1 is 1.08 bits per heavy atom. The molecule has 2 atom stereocenters. The van der Waals surface area contributed by atoms with Crippen LogP contribution in [0.1, 0.15) is 11.1 Å². The topological polar surface area (TPSA) is 150 Å². The molecule has 0 saturated heterocycles. The summed E-state index contributed by atoms with van der Waals surface area (Å²) in [5.41, 5.74) is -2.56. The zero-order valence-electron chi connectivity index (χ0n) is 13.4. The highest BCUT2D eigenvalue weighted by atomic mass is 16.6. The quantitative estimate of drug-likeness (QED) is 0.311. The number of rotatable bonds is 8. The number of carboxylic acids is 2. The predicted octanol–water partition coefficient (Wildman–Crippen LogP) is 1.19. The fourth-order valence-electron chi connectivity index (χ4n) is 2.50. The molecule has 0 bridgehead atoms. The molecule has 0 heterocycles. The van der Waals surface area contributed by atoms with E-state index in [1.807, 2.05) is 0 Å². The van der Waals surface area contributed by atoms with Crippen molar-refractivity contribution in [3.8, 4) is 5.75 Å². The first-order valence-electron chi connectivity index (χ1n) is 7.49. The average Bonchev–Trinajstić information content (AvgIpc) is 2.60. The lowest BCUT2D eigenvalue weighted by Crippen LogP contribution is -2.60. The minimum atomic E-state index is -2.82. The summed E-state index contributed by atoms with van der Waals surface area (Å²) in [6.45, 7) is 0. The first-order chi connectivity index (χ1) is 12.3. The molecule has 0 aliphatic heterocycles. The van der Waals surface area contributed by atoms with Gasteiger partial charge in [0, 0.05) is 0 Å². The van der Waals surface area contributed by atoms with Crippen molar-refractivity contribution in [2.24, 2.45) is 0 Å². The molecular formula is C17H16N2O7. The van der Waals surface area contributed by atoms with E-state index >= 15 is 0 Å². The van der Waals surface area contributed by atoms with Crippen LogP contribution in [-0.4, -0.2) is 38.2 Å². The number of nitrogens with zero attached hydrogens (tertiary/aromatic N) is 1. The number of hydrogen-bond acceptors (Lipinski definition) is 6. The van der Waals surface area contributed by atoms with Gasteiger partial charge in [-0.1, -0.05) is 30.3 Å². The molecule has 2 rings (SSSR count). The first kappa shape index (κ1) is 18.9. The number of aliphatic carboxylic acids is 2. The van der Waals surface area contributed by atoms with Crippen LogP contribution >= 0.6 is 0 Å². The van der Waals surface area contributed by atoms with Gasteiger partial charge in [0.25, 0.3) is 0 Å². The Balaban J connectivity index is 2.43. The summed E-state index contributed by atoms with van der Waals surface area (Å²) in [4.78, 5) is 34.0. The highest BCUT2D eigenvalue weighted by Gasteiger charge is 2.55. The zero-order chi connectivity index (χ0) is 19.3. The molecule has 0 aliphatic carbocycles. The van der Waals surface area contributed by atoms with E-state index in [0.717, 1.165) is 0 Å². The molecule has 4 N–H and O–H groups in total. The molecule has 0 amide bonds. The molecule has 2 aromatic rings. The molecule has 0 radical (unpaired) electrons. The highest BCUT2D eigenvalue weighted by molar-refractivity contribution is 5.81. The van der Waals surface area contributed by atoms with Crippen molar-refractivity contribution in [3.63, 3.8) is 0 Å². The number of hydrogen-bond donors (Lipinski definition) is 4. The van der Waals surface area contributed by atoms with Crippen LogP contribution in [0.4, 0.5) is 0 Å². The van der Waals surface area contributed by atoms with E-state index in [-0.39, 0.29) is 17.7 Å². The normalized spacial score (nSPS) is 14.2. The summed E-state index contributed by atoms with van der Waals surface area (Å²) in [7, 11) is 0. The maximum Gasteiger partial charge on any atom is 0.404 e. The number of carbonyl (C=O) groups is 2. The van der Waals surface area contributed by atoms with Crippen molar-refractivity contribution in [2.45, 2.75) is 18.1 Å². The van der Waals surface area contributed by atoms with E-state index in [1.165, 1.54) is 48.5 Å². The summed E-state index contributed by atoms with van der Waals surface area (Å²) in [5, 5.41) is 42.1. The fraction of sp³-hybridized carbons (Fsp3) is 0.176. The Morgan fingerprint density at radius 3 is 2.12 bits per heavy atom. The van der Waals surface area contributed by atoms with Crippen LogP contribution < -0.4 is 5.32 Å². The number of benzene rings is 2. The van der Waals surface area contributed by atoms with Crippen molar-refractivity contribution < 1.29 is 29.8 Å². The second kappa shape index (κ2) is 7.62. The van der Waals surface area contributed by atoms with Gasteiger partial charge in [0.15, 0.2) is 0 Å². The number of carboxylic acid groups (broad SMARTS) is 2. The number of phenolic OH excluding ortho intramolecular Hbond substituents is 1. The van der Waals surface area contributed by atoms with E-state index in [1.54, 1.807) is 6.07 Å². The van der Waals surface area contributed by atoms with Gasteiger partial charge in [0.2, 0.25) is 0 Å². The van der Waals surface area contributed by atoms with E-state index in [4.69, 9.17) is 0 Å². The first-order valence-corrected chi connectivity index (χ1v) is 7.49. The van der Waals surface area contributed by atoms with Crippen LogP contribution in [0, 0.1) is 10.1 Å². The number of aromatic hydroxyl groups is 1. The third kappa shape index (κ3) is 3.78. The predicted molar refractivity (Wildman–Crippen MR) is 89.1 cm³/mol. The van der Waals surface area contributed by atoms with E-state index in [0.29, 0.717) is 5.56 Å². The van der Waals surface area contributed by atoms with Crippen LogP contribution in [0.25, 0.3) is 0 Å². The van der Waals surface area contributed by atoms with Crippen molar-refractivity contribution in [2.75, 3.05) is 0 Å². The standard InChI is InChI=1S/C17H16N2O7/c20-13-8-6-11(7-9-13)10-14(15(21)22)18-17(16(23)24,19(25)26)12-4-2-1-3-5-12/h1-9,14,18,20H,10H2,(H,21,22)(H,23,24). The molecule has 2 unspecified atom stereocenters. The Morgan fingerprint density at radius 2 is 1.65 bits per heavy atom. The minimum Gasteiger partial charge on any atom is -0.508 e. The zero-order valence-corrected chi connectivity index (χ0v) is 13.4. The molecule has 0 fully saturated rings. The van der Waals surface area contributed by atoms with Crippen molar-refractivity contribution >= 4 is 11.9 Å². The summed E-state index contributed by atoms with van der Waals surface area (Å²) >= 11 is 0. The molecular weight excluding hydrogens is 344 g/mol. The van der Waals surface area contributed by atoms with Gasteiger partial charge in [-0.05, 0) is 36.2 Å². The lowest BCUT2D eigenvalue weighted by Gasteiger charge is -2.26. The van der Waals surface area contributed by atoms with E-state index in [9.17, 15) is 35.0 Å². The van der Waals surface area contributed by atoms with Crippen LogP contribution in [0.5, 0.6) is 5.75 Å². The lowest BCUT2D eigenvalue weighted by atomic mass is 9.96. The number of nitro groups is 1. The second-order valence-corrected chi connectivity index (χ2v) is 5.54. The Kier molecular flexibility index (Phi) is 5.53. The minimum absolute atomic E-state index is 0.0250. The smallest absolute Gasteiger partial charge is 0.404 e. The second-order valence-electron chi connectivity index (χ2n) is 5.54. The summed E-state index contributed by atoms with van der Waals surface area (Å²) in [5.74, 6) is -3.30. The monoisotopic (exact) mass is 360 g/mol. The third-order valence-electron chi connectivity index (χ3n) is 3.83. The number of nitrogens with one attached hydrogen (secondary N) is 1. The van der Waals surface area contributed by atoms with Crippen molar-refractivity contribution in [1.82, 2.24) is 5.32 Å². The van der Waals surface area contributed by atoms with Crippen molar-refractivity contribution in [1.29, 1.82) is 0 Å². The Labute approximate surface area is 147 Å². The molecule has 26 heavy (non-hydrogen) atoms. The van der Waals surface area contributed by atoms with E-state index in [2.05, 4.69) is 5.32 Å². The van der Waals surface area contributed by atoms with Gasteiger partial charge in [-0.15, -0.1) is 0 Å². The molecule has 0 spiro atoms. The van der Waals surface area contributed by atoms with Gasteiger partial charge >= 0.3 is 17.6 Å². The molecule has 0 saturated carbocycles. The highest BCUT2D eigenvalue weighted by Crippen LogP contribution is 2.24. The number of phenols is 1. The van der Waals surface area contributed by atoms with Crippen molar-refractivity contribution in [3.05, 3.63) is 75.8 Å².